The summed E-state index contributed by atoms with van der Waals surface area (Å²) in [6, 6.07) is 11.6. The first-order valence-electron chi connectivity index (χ1n) is 8.13. The Kier molecular flexibility index (Phi) is 4.42. The van der Waals surface area contributed by atoms with Crippen molar-refractivity contribution < 1.29 is 9.53 Å². The third kappa shape index (κ3) is 3.67. The molecule has 24 heavy (non-hydrogen) atoms. The fourth-order valence-electron chi connectivity index (χ4n) is 3.03. The summed E-state index contributed by atoms with van der Waals surface area (Å²) in [6.07, 6.45) is 4.23. The second-order valence-corrected chi connectivity index (χ2v) is 6.82. The van der Waals surface area contributed by atoms with Crippen molar-refractivity contribution in [1.29, 1.82) is 0 Å². The fourth-order valence-corrected chi connectivity index (χ4v) is 3.03. The predicted molar refractivity (Wildman–Crippen MR) is 92.7 cm³/mol. The maximum Gasteiger partial charge on any atom is 0.317 e. The molecule has 1 aliphatic rings. The number of hydrogen-bond donors (Lipinski definition) is 1. The Balaban J connectivity index is 1.72. The third-order valence-electron chi connectivity index (χ3n) is 4.16. The maximum atomic E-state index is 12.6. The molecule has 1 aromatic heterocycles. The average Bonchev–Trinajstić information content (AvgIpc) is 2.54. The zero-order chi connectivity index (χ0) is 17.2. The van der Waals surface area contributed by atoms with Gasteiger partial charge in [0, 0.05) is 38.0 Å². The van der Waals surface area contributed by atoms with Crippen molar-refractivity contribution in [2.24, 2.45) is 0 Å². The van der Waals surface area contributed by atoms with Crippen LogP contribution in [-0.4, -0.2) is 28.6 Å². The van der Waals surface area contributed by atoms with Crippen LogP contribution in [0.5, 0.6) is 5.75 Å². The van der Waals surface area contributed by atoms with Gasteiger partial charge in [-0.25, -0.2) is 4.79 Å². The number of para-hydroxylation sites is 1. The number of ether oxygens (including phenoxy) is 1. The lowest BCUT2D eigenvalue weighted by molar-refractivity contribution is 0.0667. The van der Waals surface area contributed by atoms with Crippen LogP contribution in [0.3, 0.4) is 0 Å². The van der Waals surface area contributed by atoms with Gasteiger partial charge in [-0.05, 0) is 31.5 Å². The Morgan fingerprint density at radius 2 is 2.12 bits per heavy atom. The van der Waals surface area contributed by atoms with Crippen molar-refractivity contribution in [3.63, 3.8) is 0 Å². The molecule has 1 atom stereocenters. The molecule has 1 aliphatic heterocycles. The zero-order valence-electron chi connectivity index (χ0n) is 14.3. The minimum Gasteiger partial charge on any atom is -0.487 e. The van der Waals surface area contributed by atoms with E-state index >= 15 is 0 Å². The quantitative estimate of drug-likeness (QED) is 0.939. The molecular weight excluding hydrogens is 302 g/mol. The van der Waals surface area contributed by atoms with E-state index in [9.17, 15) is 4.79 Å². The van der Waals surface area contributed by atoms with Gasteiger partial charge in [-0.2, -0.15) is 0 Å². The van der Waals surface area contributed by atoms with Gasteiger partial charge in [0.05, 0.1) is 6.04 Å². The third-order valence-corrected chi connectivity index (χ3v) is 4.16. The molecule has 0 saturated heterocycles. The van der Waals surface area contributed by atoms with Gasteiger partial charge < -0.3 is 15.0 Å². The van der Waals surface area contributed by atoms with Crippen LogP contribution in [-0.2, 0) is 6.54 Å². The lowest BCUT2D eigenvalue weighted by Gasteiger charge is -2.38. The van der Waals surface area contributed by atoms with Gasteiger partial charge in [0.2, 0.25) is 0 Å². The van der Waals surface area contributed by atoms with Gasteiger partial charge in [-0.15, -0.1) is 0 Å². The average molecular weight is 325 g/mol. The molecule has 1 aromatic carbocycles. The number of urea groups is 1. The summed E-state index contributed by atoms with van der Waals surface area (Å²) in [5, 5.41) is 3.14. The van der Waals surface area contributed by atoms with Crippen LogP contribution in [0.2, 0.25) is 0 Å². The van der Waals surface area contributed by atoms with Crippen LogP contribution in [0.1, 0.15) is 37.4 Å². The Labute approximate surface area is 142 Å². The molecule has 126 valence electrons. The van der Waals surface area contributed by atoms with E-state index in [-0.39, 0.29) is 17.7 Å². The highest BCUT2D eigenvalue weighted by Gasteiger charge is 2.34. The minimum atomic E-state index is -0.311. The van der Waals surface area contributed by atoms with Crippen LogP contribution in [0.25, 0.3) is 0 Å². The Hall–Kier alpha value is -2.56. The van der Waals surface area contributed by atoms with E-state index in [2.05, 4.69) is 10.3 Å². The first-order chi connectivity index (χ1) is 11.4. The van der Waals surface area contributed by atoms with E-state index in [1.807, 2.05) is 50.2 Å². The van der Waals surface area contributed by atoms with Crippen molar-refractivity contribution in [3.8, 4) is 5.75 Å². The van der Waals surface area contributed by atoms with Crippen LogP contribution in [0.4, 0.5) is 4.79 Å². The molecule has 2 amide bonds. The molecule has 0 spiro atoms. The summed E-state index contributed by atoms with van der Waals surface area (Å²) in [4.78, 5) is 18.3. The van der Waals surface area contributed by atoms with Crippen molar-refractivity contribution in [1.82, 2.24) is 15.2 Å². The van der Waals surface area contributed by atoms with Crippen molar-refractivity contribution in [3.05, 3.63) is 59.9 Å². The van der Waals surface area contributed by atoms with Gasteiger partial charge in [-0.1, -0.05) is 24.3 Å². The second-order valence-electron chi connectivity index (χ2n) is 6.82. The number of rotatable bonds is 3. The summed E-state index contributed by atoms with van der Waals surface area (Å²) in [7, 11) is 1.79. The molecule has 5 heteroatoms. The molecule has 0 saturated carbocycles. The van der Waals surface area contributed by atoms with Gasteiger partial charge >= 0.3 is 6.03 Å². The largest absolute Gasteiger partial charge is 0.487 e. The Morgan fingerprint density at radius 3 is 2.88 bits per heavy atom. The molecule has 2 heterocycles. The summed E-state index contributed by atoms with van der Waals surface area (Å²) in [5.41, 5.74) is 1.72. The maximum absolute atomic E-state index is 12.6. The summed E-state index contributed by atoms with van der Waals surface area (Å²) >= 11 is 0. The number of carbonyl (C=O) groups is 1. The van der Waals surface area contributed by atoms with E-state index in [4.69, 9.17) is 4.74 Å². The normalized spacial score (nSPS) is 18.2. The van der Waals surface area contributed by atoms with Gasteiger partial charge in [0.1, 0.15) is 11.4 Å². The number of pyridine rings is 1. The second kappa shape index (κ2) is 6.51. The monoisotopic (exact) mass is 325 g/mol. The van der Waals surface area contributed by atoms with Crippen LogP contribution in [0, 0.1) is 0 Å². The lowest BCUT2D eigenvalue weighted by Crippen LogP contribution is -2.44. The number of aromatic nitrogens is 1. The van der Waals surface area contributed by atoms with E-state index in [0.29, 0.717) is 6.54 Å². The highest BCUT2D eigenvalue weighted by Crippen LogP contribution is 2.39. The molecule has 5 nitrogen and oxygen atoms in total. The Bertz CT molecular complexity index is 716. The van der Waals surface area contributed by atoms with E-state index in [0.717, 1.165) is 23.3 Å². The molecular formula is C19H23N3O2. The van der Waals surface area contributed by atoms with Crippen LogP contribution >= 0.6 is 0 Å². The molecule has 0 aliphatic carbocycles. The summed E-state index contributed by atoms with van der Waals surface area (Å²) in [6.45, 7) is 4.61. The number of carbonyl (C=O) groups excluding carboxylic acids is 1. The van der Waals surface area contributed by atoms with Crippen LogP contribution < -0.4 is 10.1 Å². The van der Waals surface area contributed by atoms with Crippen molar-refractivity contribution in [2.45, 2.75) is 38.5 Å². The van der Waals surface area contributed by atoms with Crippen molar-refractivity contribution >= 4 is 6.03 Å². The number of nitrogens with one attached hydrogen (secondary N) is 1. The molecule has 1 unspecified atom stereocenters. The molecule has 0 bridgehead atoms. The topological polar surface area (TPSA) is 54.5 Å². The first kappa shape index (κ1) is 16.3. The number of fused-ring (bicyclic) bond motifs is 1. The predicted octanol–water partition coefficient (Wildman–Crippen LogP) is 3.53. The molecule has 1 N–H and O–H groups in total. The summed E-state index contributed by atoms with van der Waals surface area (Å²) < 4.78 is 6.01. The standard InChI is InChI=1S/C19H23N3O2/c1-19(2)11-16(15-8-4-5-9-17(15)24-19)21-18(23)22(3)13-14-7-6-10-20-12-14/h4-10,12,16H,11,13H2,1-3H3,(H,21,23). The number of benzene rings is 1. The van der Waals surface area contributed by atoms with Gasteiger partial charge in [-0.3, -0.25) is 4.98 Å². The zero-order valence-corrected chi connectivity index (χ0v) is 14.3. The van der Waals surface area contributed by atoms with E-state index in [1.165, 1.54) is 0 Å². The minimum absolute atomic E-state index is 0.0613. The number of amides is 2. The fraction of sp³-hybridized carbons (Fsp3) is 0.368. The van der Waals surface area contributed by atoms with Crippen LogP contribution in [0.15, 0.2) is 48.8 Å². The number of hydrogen-bond acceptors (Lipinski definition) is 3. The first-order valence-corrected chi connectivity index (χ1v) is 8.13. The highest BCUT2D eigenvalue weighted by molar-refractivity contribution is 5.74. The molecule has 2 aromatic rings. The number of nitrogens with zero attached hydrogens (tertiary/aromatic N) is 2. The van der Waals surface area contributed by atoms with E-state index < -0.39 is 0 Å². The Morgan fingerprint density at radius 1 is 1.33 bits per heavy atom. The van der Waals surface area contributed by atoms with E-state index in [1.54, 1.807) is 24.3 Å². The SMILES string of the molecule is CN(Cc1cccnc1)C(=O)NC1CC(C)(C)Oc2ccccc21. The molecule has 0 radical (unpaired) electrons. The smallest absolute Gasteiger partial charge is 0.317 e. The van der Waals surface area contributed by atoms with Gasteiger partial charge in [0.25, 0.3) is 0 Å². The highest BCUT2D eigenvalue weighted by atomic mass is 16.5. The lowest BCUT2D eigenvalue weighted by atomic mass is 9.90. The van der Waals surface area contributed by atoms with Gasteiger partial charge in [0.15, 0.2) is 0 Å². The molecule has 3 rings (SSSR count). The molecule has 0 fully saturated rings. The van der Waals surface area contributed by atoms with Crippen molar-refractivity contribution in [2.75, 3.05) is 7.05 Å². The summed E-state index contributed by atoms with van der Waals surface area (Å²) in [5.74, 6) is 0.842.